The molecule has 5 nitrogen and oxygen atoms in total. The average Bonchev–Trinajstić information content (AvgIpc) is 2.79. The van der Waals surface area contributed by atoms with Gasteiger partial charge >= 0.3 is 0 Å². The molecule has 1 aliphatic heterocycles. The molecule has 2 aliphatic rings. The van der Waals surface area contributed by atoms with Gasteiger partial charge in [0.1, 0.15) is 0 Å². The maximum atomic E-state index is 12.2. The van der Waals surface area contributed by atoms with Crippen LogP contribution < -0.4 is 5.32 Å². The summed E-state index contributed by atoms with van der Waals surface area (Å²) in [5, 5.41) is 2.99. The van der Waals surface area contributed by atoms with Crippen LogP contribution in [0.5, 0.6) is 0 Å². The number of hydrogen-bond acceptors (Lipinski definition) is 3. The molecule has 1 aliphatic carbocycles. The van der Waals surface area contributed by atoms with E-state index < -0.39 is 0 Å². The van der Waals surface area contributed by atoms with Crippen molar-refractivity contribution < 1.29 is 9.59 Å². The first-order chi connectivity index (χ1) is 10.9. The van der Waals surface area contributed by atoms with Crippen LogP contribution in [-0.4, -0.2) is 59.4 Å². The third-order valence-electron chi connectivity index (χ3n) is 5.36. The normalized spacial score (nSPS) is 24.7. The number of nitrogens with one attached hydrogen (secondary N) is 1. The Kier molecular flexibility index (Phi) is 6.45. The Bertz CT molecular complexity index is 414. The summed E-state index contributed by atoms with van der Waals surface area (Å²) in [4.78, 5) is 28.6. The number of fused-ring (bicyclic) bond motifs is 1. The van der Waals surface area contributed by atoms with Gasteiger partial charge in [0.15, 0.2) is 0 Å². The van der Waals surface area contributed by atoms with Crippen LogP contribution in [0.2, 0.25) is 0 Å². The molecule has 1 heterocycles. The van der Waals surface area contributed by atoms with Gasteiger partial charge in [-0.05, 0) is 46.5 Å². The minimum atomic E-state index is -0.0166. The molecule has 0 radical (unpaired) electrons. The van der Waals surface area contributed by atoms with Gasteiger partial charge in [0.25, 0.3) is 0 Å². The third kappa shape index (κ3) is 4.69. The van der Waals surface area contributed by atoms with Crippen LogP contribution >= 0.6 is 0 Å². The van der Waals surface area contributed by atoms with E-state index in [1.165, 1.54) is 12.8 Å². The van der Waals surface area contributed by atoms with Crippen molar-refractivity contribution in [2.75, 3.05) is 19.6 Å². The third-order valence-corrected chi connectivity index (χ3v) is 5.36. The molecule has 2 atom stereocenters. The number of carbonyl (C=O) groups is 2. The molecule has 0 unspecified atom stereocenters. The van der Waals surface area contributed by atoms with Crippen molar-refractivity contribution in [3.05, 3.63) is 0 Å². The second kappa shape index (κ2) is 8.13. The first kappa shape index (κ1) is 18.2. The second-order valence-corrected chi connectivity index (χ2v) is 7.61. The second-order valence-electron chi connectivity index (χ2n) is 7.61. The number of hydrogen-bond donors (Lipinski definition) is 1. The molecule has 2 fully saturated rings. The van der Waals surface area contributed by atoms with E-state index in [1.54, 1.807) is 0 Å². The van der Waals surface area contributed by atoms with E-state index >= 15 is 0 Å². The molecule has 0 spiro atoms. The number of carbonyl (C=O) groups excluding carboxylic acids is 2. The molecule has 0 aromatic carbocycles. The first-order valence-corrected chi connectivity index (χ1v) is 9.22. The summed E-state index contributed by atoms with van der Waals surface area (Å²) in [6, 6.07) is 1.25. The standard InChI is InChI=1S/C18H33N3O2/c1-13(2)20(14(3)4)10-9-19-17(22)12-21-16-8-6-5-7-15(16)11-18(21)23/h13-16H,5-12H2,1-4H3,(H,19,22)/t15-,16-/m1/s1. The van der Waals surface area contributed by atoms with Crippen molar-refractivity contribution in [1.29, 1.82) is 0 Å². The highest BCUT2D eigenvalue weighted by atomic mass is 16.2. The van der Waals surface area contributed by atoms with Crippen LogP contribution in [0.3, 0.4) is 0 Å². The molecular formula is C18H33N3O2. The SMILES string of the molecule is CC(C)N(CCNC(=O)CN1C(=O)C[C@H]2CCCC[C@H]21)C(C)C. The van der Waals surface area contributed by atoms with Gasteiger partial charge in [0.2, 0.25) is 11.8 Å². The van der Waals surface area contributed by atoms with Crippen LogP contribution in [0.25, 0.3) is 0 Å². The van der Waals surface area contributed by atoms with E-state index in [4.69, 9.17) is 0 Å². The van der Waals surface area contributed by atoms with Crippen molar-refractivity contribution in [1.82, 2.24) is 15.1 Å². The van der Waals surface area contributed by atoms with Gasteiger partial charge < -0.3 is 10.2 Å². The molecule has 1 saturated carbocycles. The van der Waals surface area contributed by atoms with E-state index in [-0.39, 0.29) is 18.4 Å². The van der Waals surface area contributed by atoms with E-state index in [0.717, 1.165) is 19.4 Å². The van der Waals surface area contributed by atoms with Crippen molar-refractivity contribution in [2.45, 2.75) is 77.9 Å². The highest BCUT2D eigenvalue weighted by Gasteiger charge is 2.41. The zero-order valence-electron chi connectivity index (χ0n) is 15.2. The molecule has 23 heavy (non-hydrogen) atoms. The summed E-state index contributed by atoms with van der Waals surface area (Å²) in [5.74, 6) is 0.640. The molecule has 0 aromatic heterocycles. The lowest BCUT2D eigenvalue weighted by Gasteiger charge is -2.32. The van der Waals surface area contributed by atoms with Gasteiger partial charge in [-0.25, -0.2) is 0 Å². The van der Waals surface area contributed by atoms with Gasteiger partial charge in [0, 0.05) is 37.6 Å². The van der Waals surface area contributed by atoms with E-state index in [9.17, 15) is 9.59 Å². The Labute approximate surface area is 140 Å². The monoisotopic (exact) mass is 323 g/mol. The van der Waals surface area contributed by atoms with Crippen LogP contribution in [0.15, 0.2) is 0 Å². The van der Waals surface area contributed by atoms with E-state index in [1.807, 2.05) is 4.90 Å². The van der Waals surface area contributed by atoms with Gasteiger partial charge in [-0.1, -0.05) is 12.8 Å². The fourth-order valence-corrected chi connectivity index (χ4v) is 4.22. The fraction of sp³-hybridized carbons (Fsp3) is 0.889. The number of rotatable bonds is 7. The van der Waals surface area contributed by atoms with Crippen LogP contribution in [-0.2, 0) is 9.59 Å². The van der Waals surface area contributed by atoms with Gasteiger partial charge in [-0.15, -0.1) is 0 Å². The summed E-state index contributed by atoms with van der Waals surface area (Å²) < 4.78 is 0. The molecule has 5 heteroatoms. The summed E-state index contributed by atoms with van der Waals surface area (Å²) in [6.45, 7) is 10.4. The van der Waals surface area contributed by atoms with Gasteiger partial charge in [-0.2, -0.15) is 0 Å². The molecule has 1 saturated heterocycles. The summed E-state index contributed by atoms with van der Waals surface area (Å²) in [5.41, 5.74) is 0. The Hall–Kier alpha value is -1.10. The highest BCUT2D eigenvalue weighted by molar-refractivity contribution is 5.86. The minimum absolute atomic E-state index is 0.0166. The number of nitrogens with zero attached hydrogens (tertiary/aromatic N) is 2. The van der Waals surface area contributed by atoms with Crippen molar-refractivity contribution in [3.63, 3.8) is 0 Å². The molecule has 0 aromatic rings. The van der Waals surface area contributed by atoms with Crippen LogP contribution in [0.4, 0.5) is 0 Å². The molecular weight excluding hydrogens is 290 g/mol. The predicted molar refractivity (Wildman–Crippen MR) is 92.1 cm³/mol. The van der Waals surface area contributed by atoms with Gasteiger partial charge in [0.05, 0.1) is 6.54 Å². The number of likely N-dealkylation sites (tertiary alicyclic amines) is 1. The number of amides is 2. The molecule has 2 rings (SSSR count). The lowest BCUT2D eigenvalue weighted by atomic mass is 9.85. The summed E-state index contributed by atoms with van der Waals surface area (Å²) in [7, 11) is 0. The van der Waals surface area contributed by atoms with Crippen molar-refractivity contribution >= 4 is 11.8 Å². The Morgan fingerprint density at radius 2 is 1.87 bits per heavy atom. The Balaban J connectivity index is 1.77. The predicted octanol–water partition coefficient (Wildman–Crippen LogP) is 2.01. The zero-order valence-corrected chi connectivity index (χ0v) is 15.2. The topological polar surface area (TPSA) is 52.7 Å². The lowest BCUT2D eigenvalue weighted by molar-refractivity contribution is -0.134. The average molecular weight is 323 g/mol. The van der Waals surface area contributed by atoms with Gasteiger partial charge in [-0.3, -0.25) is 14.5 Å². The molecule has 2 amide bonds. The zero-order chi connectivity index (χ0) is 17.0. The quantitative estimate of drug-likeness (QED) is 0.780. The summed E-state index contributed by atoms with van der Waals surface area (Å²) in [6.07, 6.45) is 5.27. The van der Waals surface area contributed by atoms with Crippen LogP contribution in [0.1, 0.15) is 59.8 Å². The summed E-state index contributed by atoms with van der Waals surface area (Å²) >= 11 is 0. The van der Waals surface area contributed by atoms with Crippen LogP contribution in [0, 0.1) is 5.92 Å². The maximum absolute atomic E-state index is 12.2. The molecule has 1 N–H and O–H groups in total. The smallest absolute Gasteiger partial charge is 0.239 e. The highest BCUT2D eigenvalue weighted by Crippen LogP contribution is 2.36. The Morgan fingerprint density at radius 1 is 1.22 bits per heavy atom. The van der Waals surface area contributed by atoms with Crippen molar-refractivity contribution in [3.8, 4) is 0 Å². The minimum Gasteiger partial charge on any atom is -0.353 e. The van der Waals surface area contributed by atoms with E-state index in [2.05, 4.69) is 37.9 Å². The molecule has 0 bridgehead atoms. The largest absolute Gasteiger partial charge is 0.353 e. The fourth-order valence-electron chi connectivity index (χ4n) is 4.22. The Morgan fingerprint density at radius 3 is 2.52 bits per heavy atom. The van der Waals surface area contributed by atoms with E-state index in [0.29, 0.717) is 37.0 Å². The van der Waals surface area contributed by atoms with Crippen molar-refractivity contribution in [2.24, 2.45) is 5.92 Å². The molecule has 132 valence electrons. The maximum Gasteiger partial charge on any atom is 0.239 e. The lowest BCUT2D eigenvalue weighted by Crippen LogP contribution is -2.46. The first-order valence-electron chi connectivity index (χ1n) is 9.22.